The average Bonchev–Trinajstić information content (AvgIpc) is 2.75. The maximum atomic E-state index is 6.05. The molecule has 1 N–H and O–H groups in total. The fourth-order valence-electron chi connectivity index (χ4n) is 2.74. The minimum atomic E-state index is 0.401. The van der Waals surface area contributed by atoms with Crippen LogP contribution in [0.1, 0.15) is 16.7 Å². The van der Waals surface area contributed by atoms with Crippen molar-refractivity contribution in [2.45, 2.75) is 13.0 Å². The lowest BCUT2D eigenvalue weighted by Crippen LogP contribution is -2.24. The van der Waals surface area contributed by atoms with Gasteiger partial charge in [0.2, 0.25) is 0 Å². The third kappa shape index (κ3) is 6.36. The van der Waals surface area contributed by atoms with E-state index in [-0.39, 0.29) is 0 Å². The number of halogens is 2. The minimum absolute atomic E-state index is 0.401. The van der Waals surface area contributed by atoms with Crippen LogP contribution < -0.4 is 14.8 Å². The van der Waals surface area contributed by atoms with Crippen LogP contribution >= 0.6 is 35.4 Å². The quantitative estimate of drug-likeness (QED) is 0.425. The van der Waals surface area contributed by atoms with Crippen LogP contribution in [0.25, 0.3) is 0 Å². The highest BCUT2D eigenvalue weighted by Gasteiger charge is 2.05. The van der Waals surface area contributed by atoms with Crippen LogP contribution in [0.3, 0.4) is 0 Å². The molecular weight excluding hydrogens is 425 g/mol. The first-order chi connectivity index (χ1) is 14.0. The molecule has 0 amide bonds. The molecule has 0 radical (unpaired) electrons. The molecule has 6 heteroatoms. The molecule has 3 rings (SSSR count). The summed E-state index contributed by atoms with van der Waals surface area (Å²) in [6, 6.07) is 21.2. The first-order valence-corrected chi connectivity index (χ1v) is 10.3. The second-order valence-electron chi connectivity index (χ2n) is 6.42. The summed E-state index contributed by atoms with van der Waals surface area (Å²) in [6.07, 6.45) is 0.873. The summed E-state index contributed by atoms with van der Waals surface area (Å²) in [6.45, 7) is 1.15. The fraction of sp³-hybridized carbons (Fsp3) is 0.174. The van der Waals surface area contributed by atoms with E-state index >= 15 is 0 Å². The number of ether oxygens (including phenoxy) is 2. The van der Waals surface area contributed by atoms with E-state index in [0.29, 0.717) is 21.6 Å². The van der Waals surface area contributed by atoms with Gasteiger partial charge in [-0.15, -0.1) is 0 Å². The van der Waals surface area contributed by atoms with Crippen molar-refractivity contribution in [3.63, 3.8) is 0 Å². The largest absolute Gasteiger partial charge is 0.497 e. The van der Waals surface area contributed by atoms with Crippen LogP contribution in [-0.4, -0.2) is 18.6 Å². The lowest BCUT2D eigenvalue weighted by Gasteiger charge is -2.11. The molecule has 150 valence electrons. The van der Waals surface area contributed by atoms with E-state index in [1.165, 1.54) is 5.56 Å². The van der Waals surface area contributed by atoms with Crippen molar-refractivity contribution >= 4 is 40.4 Å². The van der Waals surface area contributed by atoms with Crippen molar-refractivity contribution in [1.82, 2.24) is 5.32 Å². The van der Waals surface area contributed by atoms with E-state index in [9.17, 15) is 0 Å². The van der Waals surface area contributed by atoms with E-state index in [1.54, 1.807) is 19.2 Å². The predicted molar refractivity (Wildman–Crippen MR) is 124 cm³/mol. The van der Waals surface area contributed by atoms with Crippen molar-refractivity contribution < 1.29 is 9.47 Å². The van der Waals surface area contributed by atoms with Gasteiger partial charge in [0.25, 0.3) is 0 Å². The Morgan fingerprint density at radius 1 is 0.897 bits per heavy atom. The fourth-order valence-corrected chi connectivity index (χ4v) is 3.29. The maximum absolute atomic E-state index is 6.05. The minimum Gasteiger partial charge on any atom is -0.497 e. The van der Waals surface area contributed by atoms with Gasteiger partial charge in [-0.2, -0.15) is 0 Å². The van der Waals surface area contributed by atoms with E-state index in [4.69, 9.17) is 44.9 Å². The number of rotatable bonds is 8. The zero-order valence-corrected chi connectivity index (χ0v) is 18.3. The molecule has 0 bridgehead atoms. The third-order valence-corrected chi connectivity index (χ3v) is 5.46. The summed E-state index contributed by atoms with van der Waals surface area (Å²) >= 11 is 17.5. The lowest BCUT2D eigenvalue weighted by molar-refractivity contribution is 0.306. The molecule has 0 unspecified atom stereocenters. The second-order valence-corrected chi connectivity index (χ2v) is 7.64. The van der Waals surface area contributed by atoms with Crippen molar-refractivity contribution in [3.8, 4) is 11.5 Å². The normalized spacial score (nSPS) is 10.4. The van der Waals surface area contributed by atoms with Crippen LogP contribution in [0, 0.1) is 0 Å². The van der Waals surface area contributed by atoms with Crippen molar-refractivity contribution in [3.05, 3.63) is 93.5 Å². The van der Waals surface area contributed by atoms with Crippen molar-refractivity contribution in [2.24, 2.45) is 0 Å². The molecule has 0 atom stereocenters. The number of thiocarbonyl (C=S) groups is 1. The molecule has 0 saturated carbocycles. The van der Waals surface area contributed by atoms with Crippen LogP contribution in [0.2, 0.25) is 10.0 Å². The Balaban J connectivity index is 1.52. The standard InChI is InChI=1S/C23H21Cl2NO2S/c1-27-19-8-5-16(6-9-19)11-12-26-23(29)18-3-2-4-20(14-18)28-15-17-7-10-21(24)22(25)13-17/h2-10,13-14H,11-12,15H2,1H3,(H,26,29). The van der Waals surface area contributed by atoms with Gasteiger partial charge >= 0.3 is 0 Å². The molecule has 0 aliphatic carbocycles. The maximum Gasteiger partial charge on any atom is 0.120 e. The smallest absolute Gasteiger partial charge is 0.120 e. The van der Waals surface area contributed by atoms with Gasteiger partial charge in [0, 0.05) is 12.1 Å². The molecule has 29 heavy (non-hydrogen) atoms. The Bertz CT molecular complexity index is 977. The highest BCUT2D eigenvalue weighted by molar-refractivity contribution is 7.80. The third-order valence-electron chi connectivity index (χ3n) is 4.34. The number of hydrogen-bond acceptors (Lipinski definition) is 3. The molecule has 0 aliphatic heterocycles. The van der Waals surface area contributed by atoms with Gasteiger partial charge < -0.3 is 14.8 Å². The number of methoxy groups -OCH3 is 1. The molecule has 0 fully saturated rings. The SMILES string of the molecule is COc1ccc(CCNC(=S)c2cccc(OCc3ccc(Cl)c(Cl)c3)c2)cc1. The number of nitrogens with one attached hydrogen (secondary N) is 1. The Morgan fingerprint density at radius 3 is 2.38 bits per heavy atom. The summed E-state index contributed by atoms with van der Waals surface area (Å²) < 4.78 is 11.1. The van der Waals surface area contributed by atoms with Crippen molar-refractivity contribution in [2.75, 3.05) is 13.7 Å². The molecule has 0 heterocycles. The predicted octanol–water partition coefficient (Wildman–Crippen LogP) is 6.09. The Hall–Kier alpha value is -2.27. The first-order valence-electron chi connectivity index (χ1n) is 9.13. The molecule has 0 aliphatic rings. The Labute approximate surface area is 186 Å². The summed E-state index contributed by atoms with van der Waals surface area (Å²) in [7, 11) is 1.66. The average molecular weight is 446 g/mol. The van der Waals surface area contributed by atoms with E-state index in [0.717, 1.165) is 35.6 Å². The summed E-state index contributed by atoms with van der Waals surface area (Å²) in [4.78, 5) is 0.693. The molecule has 3 aromatic carbocycles. The lowest BCUT2D eigenvalue weighted by atomic mass is 10.1. The van der Waals surface area contributed by atoms with Crippen molar-refractivity contribution in [1.29, 1.82) is 0 Å². The highest BCUT2D eigenvalue weighted by Crippen LogP contribution is 2.23. The zero-order valence-electron chi connectivity index (χ0n) is 16.0. The van der Waals surface area contributed by atoms with Crippen LogP contribution in [0.15, 0.2) is 66.7 Å². The topological polar surface area (TPSA) is 30.5 Å². The van der Waals surface area contributed by atoms with E-state index < -0.39 is 0 Å². The number of benzene rings is 3. The van der Waals surface area contributed by atoms with Gasteiger partial charge in [-0.1, -0.05) is 65.8 Å². The molecule has 3 aromatic rings. The molecule has 0 spiro atoms. The highest BCUT2D eigenvalue weighted by atomic mass is 35.5. The monoisotopic (exact) mass is 445 g/mol. The van der Waals surface area contributed by atoms with Gasteiger partial charge in [-0.3, -0.25) is 0 Å². The summed E-state index contributed by atoms with van der Waals surface area (Å²) in [5.74, 6) is 1.60. The second kappa shape index (κ2) is 10.5. The first kappa shape index (κ1) is 21.4. The van der Waals surface area contributed by atoms with E-state index in [2.05, 4.69) is 17.4 Å². The molecule has 3 nitrogen and oxygen atoms in total. The molecule has 0 aromatic heterocycles. The Kier molecular flexibility index (Phi) is 7.76. The Morgan fingerprint density at radius 2 is 1.66 bits per heavy atom. The molecule has 0 saturated heterocycles. The van der Waals surface area contributed by atoms with E-state index in [1.807, 2.05) is 42.5 Å². The van der Waals surface area contributed by atoms with Gasteiger partial charge in [-0.25, -0.2) is 0 Å². The number of hydrogen-bond donors (Lipinski definition) is 1. The summed E-state index contributed by atoms with van der Waals surface area (Å²) in [5.41, 5.74) is 3.09. The van der Waals surface area contributed by atoms with Crippen LogP contribution in [0.5, 0.6) is 11.5 Å². The summed E-state index contributed by atoms with van der Waals surface area (Å²) in [5, 5.41) is 4.35. The zero-order chi connectivity index (χ0) is 20.6. The van der Waals surface area contributed by atoms with Crippen LogP contribution in [0.4, 0.5) is 0 Å². The molecular formula is C23H21Cl2NO2S. The van der Waals surface area contributed by atoms with Gasteiger partial charge in [0.1, 0.15) is 23.1 Å². The van der Waals surface area contributed by atoms with Gasteiger partial charge in [0.05, 0.1) is 17.2 Å². The van der Waals surface area contributed by atoms with Crippen LogP contribution in [-0.2, 0) is 13.0 Å². The van der Waals surface area contributed by atoms with Gasteiger partial charge in [-0.05, 0) is 53.9 Å². The van der Waals surface area contributed by atoms with Gasteiger partial charge in [0.15, 0.2) is 0 Å².